The highest BCUT2D eigenvalue weighted by atomic mass is 35.5. The van der Waals surface area contributed by atoms with Crippen molar-refractivity contribution in [2.75, 3.05) is 33.2 Å². The van der Waals surface area contributed by atoms with Crippen LogP contribution in [0.15, 0.2) is 18.5 Å². The minimum atomic E-state index is -0.522. The van der Waals surface area contributed by atoms with E-state index in [1.165, 1.54) is 12.8 Å². The second-order valence-corrected chi connectivity index (χ2v) is 6.22. The average Bonchev–Trinajstić information content (AvgIpc) is 3.17. The zero-order chi connectivity index (χ0) is 14.7. The number of likely N-dealkylation sites (N-methyl/N-ethyl adjacent to an activating group) is 1. The molecule has 1 aromatic heterocycles. The van der Waals surface area contributed by atoms with Crippen LogP contribution in [0.3, 0.4) is 0 Å². The topological polar surface area (TPSA) is 62.2 Å². The van der Waals surface area contributed by atoms with Gasteiger partial charge in [0.05, 0.1) is 0 Å². The number of piperidine rings is 1. The number of likely N-dealkylation sites (tertiary alicyclic amines) is 1. The lowest BCUT2D eigenvalue weighted by Crippen LogP contribution is -2.56. The van der Waals surface area contributed by atoms with Crippen LogP contribution in [0.4, 0.5) is 0 Å². The third-order valence-corrected chi connectivity index (χ3v) is 4.97. The zero-order valence-corrected chi connectivity index (χ0v) is 15.2. The number of amides is 1. The summed E-state index contributed by atoms with van der Waals surface area (Å²) in [6.45, 7) is 3.59. The molecule has 1 atom stereocenters. The lowest BCUT2D eigenvalue weighted by atomic mass is 9.87. The van der Waals surface area contributed by atoms with Gasteiger partial charge in [-0.3, -0.25) is 9.48 Å². The summed E-state index contributed by atoms with van der Waals surface area (Å²) >= 11 is 0. The lowest BCUT2D eigenvalue weighted by molar-refractivity contribution is -0.132. The Labute approximate surface area is 150 Å². The number of hydrogen-bond donors (Lipinski definition) is 2. The fourth-order valence-electron chi connectivity index (χ4n) is 3.53. The highest BCUT2D eigenvalue weighted by molar-refractivity contribution is 5.85. The van der Waals surface area contributed by atoms with Crippen molar-refractivity contribution in [3.05, 3.63) is 18.5 Å². The first-order valence-electron chi connectivity index (χ1n) is 7.92. The zero-order valence-electron chi connectivity index (χ0n) is 13.5. The Morgan fingerprint density at radius 2 is 2.13 bits per heavy atom. The van der Waals surface area contributed by atoms with Gasteiger partial charge in [-0.1, -0.05) is 0 Å². The summed E-state index contributed by atoms with van der Waals surface area (Å²) in [4.78, 5) is 15.2. The van der Waals surface area contributed by atoms with Gasteiger partial charge in [0.15, 0.2) is 0 Å². The Morgan fingerprint density at radius 1 is 1.39 bits per heavy atom. The van der Waals surface area contributed by atoms with Crippen LogP contribution in [0, 0.1) is 0 Å². The molecule has 8 heteroatoms. The van der Waals surface area contributed by atoms with E-state index >= 15 is 0 Å². The summed E-state index contributed by atoms with van der Waals surface area (Å²) in [5.74, 6) is 0.119. The fourth-order valence-corrected chi connectivity index (χ4v) is 3.53. The second kappa shape index (κ2) is 8.87. The van der Waals surface area contributed by atoms with Gasteiger partial charge in [-0.2, -0.15) is 5.10 Å². The maximum Gasteiger partial charge on any atom is 0.248 e. The molecule has 2 aliphatic heterocycles. The molecule has 0 aliphatic carbocycles. The summed E-state index contributed by atoms with van der Waals surface area (Å²) in [5.41, 5.74) is -0.522. The molecule has 0 bridgehead atoms. The highest BCUT2D eigenvalue weighted by Crippen LogP contribution is 2.27. The van der Waals surface area contributed by atoms with E-state index in [9.17, 15) is 4.79 Å². The monoisotopic (exact) mass is 363 g/mol. The fraction of sp³-hybridized carbons (Fsp3) is 0.733. The quantitative estimate of drug-likeness (QED) is 0.838. The van der Waals surface area contributed by atoms with Crippen LogP contribution >= 0.6 is 24.8 Å². The standard InChI is InChI=1S/C15H25N5O.2ClH/c1-19-10-2-4-13(19)12-17-14(21)15(5-8-16-9-6-15)20-11-3-7-18-20;;/h3,7,11,13,16H,2,4-6,8-10,12H2,1H3,(H,17,21);2*1H. The van der Waals surface area contributed by atoms with Gasteiger partial charge in [0.2, 0.25) is 5.91 Å². The van der Waals surface area contributed by atoms with Gasteiger partial charge in [0, 0.05) is 25.0 Å². The third-order valence-electron chi connectivity index (χ3n) is 4.97. The number of aromatic nitrogens is 2. The van der Waals surface area contributed by atoms with Crippen molar-refractivity contribution < 1.29 is 4.79 Å². The van der Waals surface area contributed by atoms with Crippen molar-refractivity contribution in [2.45, 2.75) is 37.3 Å². The van der Waals surface area contributed by atoms with E-state index in [0.29, 0.717) is 6.04 Å². The molecule has 1 amide bonds. The Bertz CT molecular complexity index is 476. The molecule has 6 nitrogen and oxygen atoms in total. The van der Waals surface area contributed by atoms with Gasteiger partial charge in [-0.25, -0.2) is 0 Å². The molecule has 1 aromatic rings. The summed E-state index contributed by atoms with van der Waals surface area (Å²) in [6, 6.07) is 2.37. The van der Waals surface area contributed by atoms with E-state index < -0.39 is 5.54 Å². The molecule has 2 N–H and O–H groups in total. The SMILES string of the molecule is CN1CCCC1CNC(=O)C1(n2cccn2)CCNCC1.Cl.Cl. The molecule has 23 heavy (non-hydrogen) atoms. The van der Waals surface area contributed by atoms with Crippen LogP contribution < -0.4 is 10.6 Å². The Morgan fingerprint density at radius 3 is 2.70 bits per heavy atom. The lowest BCUT2D eigenvalue weighted by Gasteiger charge is -2.37. The third kappa shape index (κ3) is 4.18. The van der Waals surface area contributed by atoms with Gasteiger partial charge in [-0.15, -0.1) is 24.8 Å². The number of hydrogen-bond acceptors (Lipinski definition) is 4. The summed E-state index contributed by atoms with van der Waals surface area (Å²) in [6.07, 6.45) is 7.65. The number of carbonyl (C=O) groups is 1. The van der Waals surface area contributed by atoms with E-state index in [4.69, 9.17) is 0 Å². The predicted molar refractivity (Wildman–Crippen MR) is 95.5 cm³/mol. The molecular formula is C15H27Cl2N5O. The van der Waals surface area contributed by atoms with Gasteiger partial charge in [0.1, 0.15) is 5.54 Å². The number of halogens is 2. The van der Waals surface area contributed by atoms with Gasteiger partial charge in [0.25, 0.3) is 0 Å². The van der Waals surface area contributed by atoms with Gasteiger partial charge >= 0.3 is 0 Å². The van der Waals surface area contributed by atoms with Crippen molar-refractivity contribution >= 4 is 30.7 Å². The van der Waals surface area contributed by atoms with Crippen molar-refractivity contribution in [1.82, 2.24) is 25.3 Å². The summed E-state index contributed by atoms with van der Waals surface area (Å²) < 4.78 is 1.85. The van der Waals surface area contributed by atoms with Crippen LogP contribution in [-0.4, -0.2) is 59.9 Å². The molecule has 132 valence electrons. The molecule has 2 aliphatic rings. The van der Waals surface area contributed by atoms with E-state index in [0.717, 1.165) is 39.0 Å². The summed E-state index contributed by atoms with van der Waals surface area (Å²) in [5, 5.41) is 10.9. The first-order valence-corrected chi connectivity index (χ1v) is 7.92. The predicted octanol–water partition coefficient (Wildman–Crippen LogP) is 1.02. The number of rotatable bonds is 4. The van der Waals surface area contributed by atoms with Crippen molar-refractivity contribution in [1.29, 1.82) is 0 Å². The molecule has 3 rings (SSSR count). The number of carbonyl (C=O) groups excluding carboxylic acids is 1. The van der Waals surface area contributed by atoms with Crippen LogP contribution in [0.5, 0.6) is 0 Å². The average molecular weight is 364 g/mol. The first kappa shape index (κ1) is 20.2. The van der Waals surface area contributed by atoms with Crippen molar-refractivity contribution in [3.8, 4) is 0 Å². The summed E-state index contributed by atoms with van der Waals surface area (Å²) in [7, 11) is 2.14. The van der Waals surface area contributed by atoms with Crippen molar-refractivity contribution in [2.24, 2.45) is 0 Å². The normalized spacial score (nSPS) is 23.6. The van der Waals surface area contributed by atoms with E-state index in [1.54, 1.807) is 6.20 Å². The number of nitrogens with zero attached hydrogens (tertiary/aromatic N) is 3. The Kier molecular flexibility index (Phi) is 7.80. The van der Waals surface area contributed by atoms with Crippen LogP contribution in [0.2, 0.25) is 0 Å². The molecule has 0 spiro atoms. The van der Waals surface area contributed by atoms with Gasteiger partial charge < -0.3 is 15.5 Å². The Hall–Kier alpha value is -0.820. The van der Waals surface area contributed by atoms with E-state index in [1.807, 2.05) is 16.9 Å². The largest absolute Gasteiger partial charge is 0.352 e. The second-order valence-electron chi connectivity index (χ2n) is 6.22. The highest BCUT2D eigenvalue weighted by Gasteiger charge is 2.42. The molecule has 1 unspecified atom stereocenters. The van der Waals surface area contributed by atoms with E-state index in [-0.39, 0.29) is 30.7 Å². The molecule has 2 saturated heterocycles. The van der Waals surface area contributed by atoms with Crippen LogP contribution in [-0.2, 0) is 10.3 Å². The van der Waals surface area contributed by atoms with Gasteiger partial charge in [-0.05, 0) is 58.4 Å². The molecule has 0 aromatic carbocycles. The minimum Gasteiger partial charge on any atom is -0.352 e. The van der Waals surface area contributed by atoms with Crippen molar-refractivity contribution in [3.63, 3.8) is 0 Å². The maximum absolute atomic E-state index is 12.9. The first-order chi connectivity index (χ1) is 10.2. The molecule has 0 saturated carbocycles. The molecule has 2 fully saturated rings. The molecular weight excluding hydrogens is 337 g/mol. The minimum absolute atomic E-state index is 0. The number of nitrogens with one attached hydrogen (secondary N) is 2. The smallest absolute Gasteiger partial charge is 0.248 e. The molecule has 0 radical (unpaired) electrons. The van der Waals surface area contributed by atoms with Crippen LogP contribution in [0.25, 0.3) is 0 Å². The van der Waals surface area contributed by atoms with E-state index in [2.05, 4.69) is 27.7 Å². The van der Waals surface area contributed by atoms with Crippen LogP contribution in [0.1, 0.15) is 25.7 Å². The molecule has 3 heterocycles. The maximum atomic E-state index is 12.9. The Balaban J connectivity index is 0.00000132.